The van der Waals surface area contributed by atoms with E-state index < -0.39 is 0 Å². The molecule has 0 aromatic heterocycles. The van der Waals surface area contributed by atoms with Gasteiger partial charge in [-0.15, -0.1) is 0 Å². The summed E-state index contributed by atoms with van der Waals surface area (Å²) >= 11 is 0. The largest absolute Gasteiger partial charge is 0.490 e. The van der Waals surface area contributed by atoms with E-state index in [0.29, 0.717) is 18.3 Å². The van der Waals surface area contributed by atoms with Crippen molar-refractivity contribution in [3.05, 3.63) is 24.0 Å². The average molecular weight is 224 g/mol. The second-order valence-electron chi connectivity index (χ2n) is 4.12. The van der Waals surface area contributed by atoms with E-state index in [1.165, 1.54) is 18.9 Å². The van der Waals surface area contributed by atoms with Gasteiger partial charge in [-0.1, -0.05) is 0 Å². The van der Waals surface area contributed by atoms with Gasteiger partial charge in [0.2, 0.25) is 0 Å². The smallest absolute Gasteiger partial charge is 0.167 e. The van der Waals surface area contributed by atoms with Crippen molar-refractivity contribution < 1.29 is 9.13 Å². The number of ether oxygens (including phenoxy) is 1. The van der Waals surface area contributed by atoms with Crippen molar-refractivity contribution in [1.82, 2.24) is 5.32 Å². The maximum atomic E-state index is 13.3. The van der Waals surface area contributed by atoms with Gasteiger partial charge in [0.05, 0.1) is 6.61 Å². The third kappa shape index (κ3) is 2.85. The number of nitrogens with two attached hydrogens (primary N) is 1. The van der Waals surface area contributed by atoms with Crippen molar-refractivity contribution in [3.63, 3.8) is 0 Å². The first-order valence-electron chi connectivity index (χ1n) is 5.67. The van der Waals surface area contributed by atoms with Gasteiger partial charge < -0.3 is 15.8 Å². The minimum atomic E-state index is -0.389. The quantitative estimate of drug-likeness (QED) is 0.768. The number of nitrogens with one attached hydrogen (secondary N) is 1. The fourth-order valence-electron chi connectivity index (χ4n) is 1.95. The molecule has 0 spiro atoms. The standard InChI is InChI=1S/C12H17FN2O/c13-11-8-9(14)3-4-12(11)16-7-5-10-2-1-6-15-10/h3-4,8,10,15H,1-2,5-7,14H2. The fraction of sp³-hybridized carbons (Fsp3) is 0.500. The Morgan fingerprint density at radius 3 is 3.06 bits per heavy atom. The highest BCUT2D eigenvalue weighted by Gasteiger charge is 2.13. The summed E-state index contributed by atoms with van der Waals surface area (Å²) < 4.78 is 18.7. The van der Waals surface area contributed by atoms with Crippen LogP contribution >= 0.6 is 0 Å². The Bertz CT molecular complexity index is 351. The van der Waals surface area contributed by atoms with Crippen LogP contribution in [0.3, 0.4) is 0 Å². The van der Waals surface area contributed by atoms with Crippen LogP contribution in [0.4, 0.5) is 10.1 Å². The molecule has 3 nitrogen and oxygen atoms in total. The lowest BCUT2D eigenvalue weighted by Crippen LogP contribution is -2.23. The van der Waals surface area contributed by atoms with E-state index in [2.05, 4.69) is 5.32 Å². The second-order valence-corrected chi connectivity index (χ2v) is 4.12. The third-order valence-electron chi connectivity index (χ3n) is 2.84. The minimum absolute atomic E-state index is 0.284. The van der Waals surface area contributed by atoms with Crippen LogP contribution in [0.25, 0.3) is 0 Å². The minimum Gasteiger partial charge on any atom is -0.490 e. The molecule has 0 radical (unpaired) electrons. The molecule has 1 aliphatic rings. The number of hydrogen-bond acceptors (Lipinski definition) is 3. The van der Waals surface area contributed by atoms with E-state index in [1.807, 2.05) is 0 Å². The van der Waals surface area contributed by atoms with Gasteiger partial charge >= 0.3 is 0 Å². The lowest BCUT2D eigenvalue weighted by Gasteiger charge is -2.11. The summed E-state index contributed by atoms with van der Waals surface area (Å²) in [6.07, 6.45) is 3.33. The van der Waals surface area contributed by atoms with Gasteiger partial charge in [-0.25, -0.2) is 4.39 Å². The molecule has 1 aromatic carbocycles. The molecule has 0 bridgehead atoms. The van der Waals surface area contributed by atoms with E-state index in [9.17, 15) is 4.39 Å². The molecule has 3 N–H and O–H groups in total. The van der Waals surface area contributed by atoms with Crippen LogP contribution in [-0.2, 0) is 0 Å². The number of rotatable bonds is 4. The molecule has 1 fully saturated rings. The molecule has 1 heterocycles. The fourth-order valence-corrected chi connectivity index (χ4v) is 1.95. The van der Waals surface area contributed by atoms with Crippen LogP contribution in [0.1, 0.15) is 19.3 Å². The van der Waals surface area contributed by atoms with Crippen LogP contribution in [0.5, 0.6) is 5.75 Å². The Labute approximate surface area is 94.8 Å². The summed E-state index contributed by atoms with van der Waals surface area (Å²) in [5.41, 5.74) is 5.87. The first-order chi connectivity index (χ1) is 7.75. The summed E-state index contributed by atoms with van der Waals surface area (Å²) in [6, 6.07) is 5.03. The highest BCUT2D eigenvalue weighted by atomic mass is 19.1. The average Bonchev–Trinajstić information content (AvgIpc) is 2.74. The number of nitrogen functional groups attached to an aromatic ring is 1. The molecular weight excluding hydrogens is 207 g/mol. The van der Waals surface area contributed by atoms with Gasteiger partial charge in [-0.05, 0) is 37.9 Å². The Morgan fingerprint density at radius 2 is 2.38 bits per heavy atom. The zero-order chi connectivity index (χ0) is 11.4. The summed E-state index contributed by atoms with van der Waals surface area (Å²) in [5.74, 6) is -0.105. The van der Waals surface area contributed by atoms with E-state index >= 15 is 0 Å². The van der Waals surface area contributed by atoms with Gasteiger partial charge in [0.25, 0.3) is 0 Å². The number of benzene rings is 1. The predicted molar refractivity (Wildman–Crippen MR) is 61.9 cm³/mol. The molecule has 16 heavy (non-hydrogen) atoms. The normalized spacial score (nSPS) is 19.9. The third-order valence-corrected chi connectivity index (χ3v) is 2.84. The van der Waals surface area contributed by atoms with Crippen LogP contribution < -0.4 is 15.8 Å². The molecule has 1 atom stereocenters. The maximum absolute atomic E-state index is 13.3. The van der Waals surface area contributed by atoms with Crippen molar-refractivity contribution in [1.29, 1.82) is 0 Å². The first-order valence-corrected chi connectivity index (χ1v) is 5.67. The van der Waals surface area contributed by atoms with Gasteiger partial charge in [-0.3, -0.25) is 0 Å². The van der Waals surface area contributed by atoms with Crippen molar-refractivity contribution in [3.8, 4) is 5.75 Å². The SMILES string of the molecule is Nc1ccc(OCCC2CCCN2)c(F)c1. The van der Waals surface area contributed by atoms with E-state index in [-0.39, 0.29) is 11.6 Å². The zero-order valence-corrected chi connectivity index (χ0v) is 9.21. The Kier molecular flexibility index (Phi) is 3.62. The molecule has 88 valence electrons. The molecular formula is C12H17FN2O. The highest BCUT2D eigenvalue weighted by Crippen LogP contribution is 2.20. The van der Waals surface area contributed by atoms with E-state index in [0.717, 1.165) is 13.0 Å². The number of anilines is 1. The lowest BCUT2D eigenvalue weighted by molar-refractivity contribution is 0.279. The topological polar surface area (TPSA) is 47.3 Å². The van der Waals surface area contributed by atoms with Gasteiger partial charge in [0.15, 0.2) is 11.6 Å². The van der Waals surface area contributed by atoms with Crippen LogP contribution in [0.2, 0.25) is 0 Å². The van der Waals surface area contributed by atoms with Gasteiger partial charge in [-0.2, -0.15) is 0 Å². The molecule has 0 aliphatic carbocycles. The van der Waals surface area contributed by atoms with E-state index in [1.54, 1.807) is 12.1 Å². The number of hydrogen-bond donors (Lipinski definition) is 2. The molecule has 1 unspecified atom stereocenters. The Hall–Kier alpha value is -1.29. The second kappa shape index (κ2) is 5.16. The van der Waals surface area contributed by atoms with Crippen molar-refractivity contribution >= 4 is 5.69 Å². The Balaban J connectivity index is 1.80. The van der Waals surface area contributed by atoms with Crippen molar-refractivity contribution in [2.75, 3.05) is 18.9 Å². The summed E-state index contributed by atoms with van der Waals surface area (Å²) in [5, 5.41) is 3.37. The predicted octanol–water partition coefficient (Wildman–Crippen LogP) is 1.93. The van der Waals surface area contributed by atoms with Gasteiger partial charge in [0, 0.05) is 17.8 Å². The van der Waals surface area contributed by atoms with Crippen molar-refractivity contribution in [2.24, 2.45) is 0 Å². The highest BCUT2D eigenvalue weighted by molar-refractivity contribution is 5.42. The van der Waals surface area contributed by atoms with Crippen LogP contribution in [0, 0.1) is 5.82 Å². The molecule has 0 amide bonds. The molecule has 1 saturated heterocycles. The van der Waals surface area contributed by atoms with Gasteiger partial charge in [0.1, 0.15) is 0 Å². The first kappa shape index (κ1) is 11.2. The molecule has 4 heteroatoms. The van der Waals surface area contributed by atoms with Crippen LogP contribution in [0.15, 0.2) is 18.2 Å². The van der Waals surface area contributed by atoms with Crippen molar-refractivity contribution in [2.45, 2.75) is 25.3 Å². The molecule has 0 saturated carbocycles. The Morgan fingerprint density at radius 1 is 1.50 bits per heavy atom. The summed E-state index contributed by atoms with van der Waals surface area (Å²) in [4.78, 5) is 0. The van der Waals surface area contributed by atoms with Crippen LogP contribution in [-0.4, -0.2) is 19.2 Å². The lowest BCUT2D eigenvalue weighted by atomic mass is 10.2. The maximum Gasteiger partial charge on any atom is 0.167 e. The molecule has 2 rings (SSSR count). The monoisotopic (exact) mass is 224 g/mol. The summed E-state index contributed by atoms with van der Waals surface area (Å²) in [6.45, 7) is 1.62. The number of halogens is 1. The molecule has 1 aromatic rings. The summed E-state index contributed by atoms with van der Waals surface area (Å²) in [7, 11) is 0. The zero-order valence-electron chi connectivity index (χ0n) is 9.21. The molecule has 1 aliphatic heterocycles. The van der Waals surface area contributed by atoms with E-state index in [4.69, 9.17) is 10.5 Å².